The lowest BCUT2D eigenvalue weighted by Crippen LogP contribution is -2.48. The summed E-state index contributed by atoms with van der Waals surface area (Å²) >= 11 is 0. The minimum atomic E-state index is -0.338. The van der Waals surface area contributed by atoms with Gasteiger partial charge in [0.2, 0.25) is 11.8 Å². The first-order valence-corrected chi connectivity index (χ1v) is 9.66. The molecule has 0 spiro atoms. The number of aromatic nitrogens is 4. The topological polar surface area (TPSA) is 95.9 Å². The fourth-order valence-corrected chi connectivity index (χ4v) is 4.21. The number of piperidine rings is 1. The molecular formula is C20H22N6O2. The zero-order valence-corrected chi connectivity index (χ0v) is 15.6. The second-order valence-corrected chi connectivity index (χ2v) is 7.60. The molecular weight excluding hydrogens is 356 g/mol. The fourth-order valence-electron chi connectivity index (χ4n) is 4.21. The molecule has 2 N–H and O–H groups in total. The van der Waals surface area contributed by atoms with Crippen LogP contribution in [0.3, 0.4) is 0 Å². The summed E-state index contributed by atoms with van der Waals surface area (Å²) in [6.45, 7) is 0. The Kier molecular flexibility index (Phi) is 3.92. The minimum absolute atomic E-state index is 0.109. The van der Waals surface area contributed by atoms with Crippen LogP contribution in [0.4, 0.5) is 5.82 Å². The largest absolute Gasteiger partial charge is 0.346 e. The summed E-state index contributed by atoms with van der Waals surface area (Å²) in [5.74, 6) is 0.194. The SMILES string of the molecule is Cn1nccc1[C@H]1[C@H](C(=O)Nc2ccc3cc[nH]c3n2)CCC(=O)N1C1CC1. The molecule has 1 aliphatic carbocycles. The number of nitrogens with zero attached hydrogens (tertiary/aromatic N) is 4. The molecule has 4 heterocycles. The number of amides is 2. The molecule has 0 radical (unpaired) electrons. The molecule has 0 unspecified atom stereocenters. The molecule has 1 aliphatic heterocycles. The summed E-state index contributed by atoms with van der Waals surface area (Å²) in [5.41, 5.74) is 1.63. The van der Waals surface area contributed by atoms with Crippen molar-refractivity contribution in [3.63, 3.8) is 0 Å². The van der Waals surface area contributed by atoms with Crippen LogP contribution < -0.4 is 5.32 Å². The van der Waals surface area contributed by atoms with E-state index in [1.54, 1.807) is 16.9 Å². The summed E-state index contributed by atoms with van der Waals surface area (Å²) < 4.78 is 1.77. The summed E-state index contributed by atoms with van der Waals surface area (Å²) in [7, 11) is 1.86. The number of carbonyl (C=O) groups is 2. The van der Waals surface area contributed by atoms with Gasteiger partial charge < -0.3 is 15.2 Å². The minimum Gasteiger partial charge on any atom is -0.346 e. The molecule has 3 aromatic heterocycles. The number of fused-ring (bicyclic) bond motifs is 1. The van der Waals surface area contributed by atoms with Gasteiger partial charge in [-0.25, -0.2) is 4.98 Å². The first kappa shape index (κ1) is 17.0. The normalized spacial score (nSPS) is 22.6. The Bertz CT molecular complexity index is 1050. The maximum atomic E-state index is 13.2. The van der Waals surface area contributed by atoms with Crippen LogP contribution in [0, 0.1) is 5.92 Å². The van der Waals surface area contributed by atoms with E-state index in [1.807, 2.05) is 36.3 Å². The molecule has 2 fully saturated rings. The Morgan fingerprint density at radius 3 is 2.82 bits per heavy atom. The van der Waals surface area contributed by atoms with E-state index >= 15 is 0 Å². The molecule has 8 heteroatoms. The maximum absolute atomic E-state index is 13.2. The number of aromatic amines is 1. The standard InChI is InChI=1S/C20H22N6O2/c1-25-15(9-11-22-25)18-14(5-7-17(27)26(18)13-3-4-13)20(28)24-16-6-2-12-8-10-21-19(12)23-16/h2,6,8-11,13-14,18H,3-5,7H2,1H3,(H2,21,23,24,28)/t14-,18-/m1/s1. The number of nitrogens with one attached hydrogen (secondary N) is 2. The zero-order valence-electron chi connectivity index (χ0n) is 15.6. The van der Waals surface area contributed by atoms with Gasteiger partial charge in [-0.3, -0.25) is 14.3 Å². The van der Waals surface area contributed by atoms with E-state index in [-0.39, 0.29) is 29.8 Å². The van der Waals surface area contributed by atoms with E-state index in [0.717, 1.165) is 29.6 Å². The number of aryl methyl sites for hydroxylation is 1. The average Bonchev–Trinajstić information content (AvgIpc) is 3.25. The molecule has 144 valence electrons. The number of carbonyl (C=O) groups excluding carboxylic acids is 2. The molecule has 1 saturated carbocycles. The van der Waals surface area contributed by atoms with E-state index in [2.05, 4.69) is 20.4 Å². The van der Waals surface area contributed by atoms with Crippen molar-refractivity contribution in [2.75, 3.05) is 5.32 Å². The fraction of sp³-hybridized carbons (Fsp3) is 0.400. The van der Waals surface area contributed by atoms with Crippen molar-refractivity contribution in [1.29, 1.82) is 0 Å². The maximum Gasteiger partial charge on any atom is 0.231 e. The summed E-state index contributed by atoms with van der Waals surface area (Å²) in [6.07, 6.45) is 6.45. The Balaban J connectivity index is 1.46. The molecule has 2 amide bonds. The van der Waals surface area contributed by atoms with Gasteiger partial charge in [0.05, 0.1) is 17.7 Å². The second-order valence-electron chi connectivity index (χ2n) is 7.60. The number of pyridine rings is 1. The Labute approximate surface area is 161 Å². The van der Waals surface area contributed by atoms with Gasteiger partial charge >= 0.3 is 0 Å². The number of hydrogen-bond donors (Lipinski definition) is 2. The van der Waals surface area contributed by atoms with Crippen LogP contribution in [0.2, 0.25) is 0 Å². The lowest BCUT2D eigenvalue weighted by Gasteiger charge is -2.40. The molecule has 8 nitrogen and oxygen atoms in total. The highest BCUT2D eigenvalue weighted by atomic mass is 16.2. The molecule has 28 heavy (non-hydrogen) atoms. The highest BCUT2D eigenvalue weighted by molar-refractivity contribution is 5.95. The molecule has 3 aromatic rings. The van der Waals surface area contributed by atoms with Gasteiger partial charge in [-0.15, -0.1) is 0 Å². The van der Waals surface area contributed by atoms with E-state index in [1.165, 1.54) is 0 Å². The van der Waals surface area contributed by atoms with Crippen molar-refractivity contribution >= 4 is 28.7 Å². The third-order valence-electron chi connectivity index (χ3n) is 5.74. The van der Waals surface area contributed by atoms with Gasteiger partial charge in [-0.05, 0) is 43.5 Å². The molecule has 0 bridgehead atoms. The molecule has 2 aliphatic rings. The first-order chi connectivity index (χ1) is 13.6. The van der Waals surface area contributed by atoms with Gasteiger partial charge in [0.25, 0.3) is 0 Å². The van der Waals surface area contributed by atoms with Gasteiger partial charge in [-0.1, -0.05) is 0 Å². The van der Waals surface area contributed by atoms with Crippen molar-refractivity contribution in [3.8, 4) is 0 Å². The highest BCUT2D eigenvalue weighted by Crippen LogP contribution is 2.43. The molecule has 0 aromatic carbocycles. The molecule has 5 rings (SSSR count). The second kappa shape index (κ2) is 6.47. The number of anilines is 1. The van der Waals surface area contributed by atoms with Gasteiger partial charge in [-0.2, -0.15) is 5.10 Å². The lowest BCUT2D eigenvalue weighted by molar-refractivity contribution is -0.143. The van der Waals surface area contributed by atoms with Crippen LogP contribution in [0.15, 0.2) is 36.7 Å². The van der Waals surface area contributed by atoms with Crippen molar-refractivity contribution in [2.24, 2.45) is 13.0 Å². The summed E-state index contributed by atoms with van der Waals surface area (Å²) in [6, 6.07) is 7.51. The number of hydrogen-bond acceptors (Lipinski definition) is 4. The zero-order chi connectivity index (χ0) is 19.3. The van der Waals surface area contributed by atoms with Crippen LogP contribution in [0.1, 0.15) is 37.4 Å². The number of rotatable bonds is 4. The number of H-pyrrole nitrogens is 1. The Hall–Kier alpha value is -3.16. The van der Waals surface area contributed by atoms with Crippen LogP contribution in [0.5, 0.6) is 0 Å². The van der Waals surface area contributed by atoms with E-state index in [4.69, 9.17) is 0 Å². The smallest absolute Gasteiger partial charge is 0.231 e. The van der Waals surface area contributed by atoms with Crippen molar-refractivity contribution in [2.45, 2.75) is 37.8 Å². The summed E-state index contributed by atoms with van der Waals surface area (Å²) in [5, 5.41) is 8.22. The van der Waals surface area contributed by atoms with Crippen LogP contribution in [-0.4, -0.2) is 42.5 Å². The van der Waals surface area contributed by atoms with Crippen molar-refractivity contribution < 1.29 is 9.59 Å². The Morgan fingerprint density at radius 1 is 1.21 bits per heavy atom. The predicted octanol–water partition coefficient (Wildman–Crippen LogP) is 2.38. The van der Waals surface area contributed by atoms with Gasteiger partial charge in [0, 0.05) is 37.3 Å². The van der Waals surface area contributed by atoms with Gasteiger partial charge in [0.1, 0.15) is 11.5 Å². The van der Waals surface area contributed by atoms with E-state index < -0.39 is 0 Å². The monoisotopic (exact) mass is 378 g/mol. The van der Waals surface area contributed by atoms with Crippen LogP contribution >= 0.6 is 0 Å². The third-order valence-corrected chi connectivity index (χ3v) is 5.74. The van der Waals surface area contributed by atoms with Gasteiger partial charge in [0.15, 0.2) is 0 Å². The van der Waals surface area contributed by atoms with E-state index in [0.29, 0.717) is 18.7 Å². The van der Waals surface area contributed by atoms with Crippen molar-refractivity contribution in [1.82, 2.24) is 24.6 Å². The highest BCUT2D eigenvalue weighted by Gasteiger charge is 2.47. The number of likely N-dealkylation sites (tertiary alicyclic amines) is 1. The Morgan fingerprint density at radius 2 is 2.07 bits per heavy atom. The molecule has 2 atom stereocenters. The third kappa shape index (κ3) is 2.85. The van der Waals surface area contributed by atoms with E-state index in [9.17, 15) is 9.59 Å². The predicted molar refractivity (Wildman–Crippen MR) is 103 cm³/mol. The first-order valence-electron chi connectivity index (χ1n) is 9.66. The average molecular weight is 378 g/mol. The summed E-state index contributed by atoms with van der Waals surface area (Å²) in [4.78, 5) is 35.4. The van der Waals surface area contributed by atoms with Crippen molar-refractivity contribution in [3.05, 3.63) is 42.4 Å². The quantitative estimate of drug-likeness (QED) is 0.729. The molecule has 1 saturated heterocycles. The lowest BCUT2D eigenvalue weighted by atomic mass is 9.85. The van der Waals surface area contributed by atoms with Crippen LogP contribution in [0.25, 0.3) is 11.0 Å². The van der Waals surface area contributed by atoms with Crippen LogP contribution in [-0.2, 0) is 16.6 Å².